The van der Waals surface area contributed by atoms with E-state index < -0.39 is 0 Å². The van der Waals surface area contributed by atoms with E-state index in [1.165, 1.54) is 0 Å². The number of urea groups is 1. The SMILES string of the molecule is CC(C)Oc1ncccc1NC(=O)NCCc1cscn1. The molecule has 6 nitrogen and oxygen atoms in total. The van der Waals surface area contributed by atoms with E-state index in [1.807, 2.05) is 19.2 Å². The second-order valence-electron chi connectivity index (χ2n) is 4.63. The molecule has 112 valence electrons. The molecule has 2 amide bonds. The molecular weight excluding hydrogens is 288 g/mol. The number of carbonyl (C=O) groups excluding carboxylic acids is 1. The van der Waals surface area contributed by atoms with Gasteiger partial charge in [0.25, 0.3) is 0 Å². The predicted octanol–water partition coefficient (Wildman–Crippen LogP) is 2.69. The van der Waals surface area contributed by atoms with E-state index in [1.54, 1.807) is 35.2 Å². The van der Waals surface area contributed by atoms with Crippen LogP contribution < -0.4 is 15.4 Å². The van der Waals surface area contributed by atoms with Gasteiger partial charge in [0.05, 0.1) is 17.3 Å². The lowest BCUT2D eigenvalue weighted by molar-refractivity contribution is 0.233. The minimum Gasteiger partial charge on any atom is -0.473 e. The molecule has 0 unspecified atom stereocenters. The van der Waals surface area contributed by atoms with E-state index in [4.69, 9.17) is 4.74 Å². The van der Waals surface area contributed by atoms with Gasteiger partial charge in [-0.25, -0.2) is 14.8 Å². The number of hydrogen-bond donors (Lipinski definition) is 2. The minimum atomic E-state index is -0.285. The summed E-state index contributed by atoms with van der Waals surface area (Å²) in [7, 11) is 0. The first-order valence-corrected chi connectivity index (χ1v) is 7.63. The van der Waals surface area contributed by atoms with E-state index in [0.717, 1.165) is 5.69 Å². The van der Waals surface area contributed by atoms with Gasteiger partial charge >= 0.3 is 6.03 Å². The van der Waals surface area contributed by atoms with Gasteiger partial charge in [-0.3, -0.25) is 0 Å². The van der Waals surface area contributed by atoms with Crippen molar-refractivity contribution >= 4 is 23.1 Å². The maximum atomic E-state index is 11.9. The number of anilines is 1. The van der Waals surface area contributed by atoms with Gasteiger partial charge < -0.3 is 15.4 Å². The molecule has 0 saturated heterocycles. The van der Waals surface area contributed by atoms with E-state index in [9.17, 15) is 4.79 Å². The zero-order valence-corrected chi connectivity index (χ0v) is 12.8. The van der Waals surface area contributed by atoms with Crippen molar-refractivity contribution in [3.05, 3.63) is 34.9 Å². The summed E-state index contributed by atoms with van der Waals surface area (Å²) >= 11 is 1.54. The molecule has 7 heteroatoms. The van der Waals surface area contributed by atoms with Gasteiger partial charge in [-0.1, -0.05) is 0 Å². The van der Waals surface area contributed by atoms with Crippen molar-refractivity contribution in [2.75, 3.05) is 11.9 Å². The molecular formula is C14H18N4O2S. The van der Waals surface area contributed by atoms with Crippen LogP contribution in [-0.4, -0.2) is 28.6 Å². The van der Waals surface area contributed by atoms with Crippen molar-refractivity contribution in [1.82, 2.24) is 15.3 Å². The van der Waals surface area contributed by atoms with Crippen LogP contribution in [0, 0.1) is 0 Å². The summed E-state index contributed by atoms with van der Waals surface area (Å²) in [5.41, 5.74) is 3.31. The normalized spacial score (nSPS) is 10.4. The van der Waals surface area contributed by atoms with Crippen LogP contribution in [0.5, 0.6) is 5.88 Å². The van der Waals surface area contributed by atoms with Crippen LogP contribution in [0.25, 0.3) is 0 Å². The Kier molecular flexibility index (Phi) is 5.51. The lowest BCUT2D eigenvalue weighted by Crippen LogP contribution is -2.30. The Balaban J connectivity index is 1.84. The fourth-order valence-corrected chi connectivity index (χ4v) is 2.23. The average Bonchev–Trinajstić information content (AvgIpc) is 2.93. The molecule has 0 aliphatic carbocycles. The second kappa shape index (κ2) is 7.58. The number of nitrogens with zero attached hydrogens (tertiary/aromatic N) is 2. The first-order chi connectivity index (χ1) is 10.1. The van der Waals surface area contributed by atoms with E-state index in [-0.39, 0.29) is 12.1 Å². The topological polar surface area (TPSA) is 76.1 Å². The number of pyridine rings is 1. The van der Waals surface area contributed by atoms with Crippen LogP contribution in [0.4, 0.5) is 10.5 Å². The third-order valence-corrected chi connectivity index (χ3v) is 3.15. The molecule has 2 aromatic rings. The smallest absolute Gasteiger partial charge is 0.319 e. The van der Waals surface area contributed by atoms with Crippen molar-refractivity contribution in [1.29, 1.82) is 0 Å². The quantitative estimate of drug-likeness (QED) is 0.860. The van der Waals surface area contributed by atoms with Crippen molar-refractivity contribution < 1.29 is 9.53 Å². The van der Waals surface area contributed by atoms with Crippen LogP contribution in [0.3, 0.4) is 0 Å². The molecule has 0 aliphatic heterocycles. The number of hydrogen-bond acceptors (Lipinski definition) is 5. The van der Waals surface area contributed by atoms with E-state index >= 15 is 0 Å². The summed E-state index contributed by atoms with van der Waals surface area (Å²) in [6, 6.07) is 3.22. The maximum Gasteiger partial charge on any atom is 0.319 e. The number of rotatable bonds is 6. The Morgan fingerprint density at radius 2 is 2.29 bits per heavy atom. The summed E-state index contributed by atoms with van der Waals surface area (Å²) < 4.78 is 5.55. The molecule has 0 saturated carbocycles. The van der Waals surface area contributed by atoms with Crippen molar-refractivity contribution in [2.45, 2.75) is 26.4 Å². The van der Waals surface area contributed by atoms with Crippen LogP contribution in [0.2, 0.25) is 0 Å². The summed E-state index contributed by atoms with van der Waals surface area (Å²) in [5, 5.41) is 7.49. The Morgan fingerprint density at radius 1 is 1.43 bits per heavy atom. The highest BCUT2D eigenvalue weighted by Gasteiger charge is 2.09. The maximum absolute atomic E-state index is 11.9. The van der Waals surface area contributed by atoms with E-state index in [2.05, 4.69) is 20.6 Å². The molecule has 0 radical (unpaired) electrons. The molecule has 0 aromatic carbocycles. The molecule has 0 spiro atoms. The summed E-state index contributed by atoms with van der Waals surface area (Å²) in [6.45, 7) is 4.34. The third kappa shape index (κ3) is 5.03. The monoisotopic (exact) mass is 306 g/mol. The van der Waals surface area contributed by atoms with Crippen LogP contribution in [0.15, 0.2) is 29.2 Å². The molecule has 2 N–H and O–H groups in total. The van der Waals surface area contributed by atoms with Crippen LogP contribution in [0.1, 0.15) is 19.5 Å². The van der Waals surface area contributed by atoms with Crippen molar-refractivity contribution in [3.8, 4) is 5.88 Å². The minimum absolute atomic E-state index is 0.00632. The number of amides is 2. The van der Waals surface area contributed by atoms with Crippen molar-refractivity contribution in [3.63, 3.8) is 0 Å². The van der Waals surface area contributed by atoms with Gasteiger partial charge in [0, 0.05) is 24.5 Å². The standard InChI is InChI=1S/C14H18N4O2S/c1-10(2)20-13-12(4-3-6-15-13)18-14(19)16-7-5-11-8-21-9-17-11/h3-4,6,8-10H,5,7H2,1-2H3,(H2,16,18,19). The van der Waals surface area contributed by atoms with Crippen molar-refractivity contribution in [2.24, 2.45) is 0 Å². The Labute approximate surface area is 127 Å². The highest BCUT2D eigenvalue weighted by atomic mass is 32.1. The molecule has 2 rings (SSSR count). The predicted molar refractivity (Wildman–Crippen MR) is 82.8 cm³/mol. The Morgan fingerprint density at radius 3 is 3.00 bits per heavy atom. The zero-order valence-electron chi connectivity index (χ0n) is 12.0. The lowest BCUT2D eigenvalue weighted by atomic mass is 10.3. The molecule has 2 aromatic heterocycles. The van der Waals surface area contributed by atoms with Crippen LogP contribution >= 0.6 is 11.3 Å². The van der Waals surface area contributed by atoms with Gasteiger partial charge in [-0.15, -0.1) is 11.3 Å². The summed E-state index contributed by atoms with van der Waals surface area (Å²) in [4.78, 5) is 20.1. The molecule has 2 heterocycles. The summed E-state index contributed by atoms with van der Waals surface area (Å²) in [5.74, 6) is 0.419. The zero-order chi connectivity index (χ0) is 15.1. The van der Waals surface area contributed by atoms with Gasteiger partial charge in [-0.05, 0) is 26.0 Å². The Hall–Kier alpha value is -2.15. The number of carbonyl (C=O) groups is 1. The second-order valence-corrected chi connectivity index (χ2v) is 5.35. The average molecular weight is 306 g/mol. The van der Waals surface area contributed by atoms with Gasteiger partial charge in [0.1, 0.15) is 5.69 Å². The molecule has 21 heavy (non-hydrogen) atoms. The number of nitrogens with one attached hydrogen (secondary N) is 2. The number of aromatic nitrogens is 2. The van der Waals surface area contributed by atoms with E-state index in [0.29, 0.717) is 24.5 Å². The Bertz CT molecular complexity index is 572. The summed E-state index contributed by atoms with van der Waals surface area (Å²) in [6.07, 6.45) is 2.33. The molecule has 0 bridgehead atoms. The lowest BCUT2D eigenvalue weighted by Gasteiger charge is -2.13. The fraction of sp³-hybridized carbons (Fsp3) is 0.357. The highest BCUT2D eigenvalue weighted by molar-refractivity contribution is 7.07. The largest absolute Gasteiger partial charge is 0.473 e. The third-order valence-electron chi connectivity index (χ3n) is 2.52. The first-order valence-electron chi connectivity index (χ1n) is 6.68. The van der Waals surface area contributed by atoms with Gasteiger partial charge in [0.15, 0.2) is 0 Å². The number of thiazole rings is 1. The van der Waals surface area contributed by atoms with Gasteiger partial charge in [-0.2, -0.15) is 0 Å². The molecule has 0 atom stereocenters. The highest BCUT2D eigenvalue weighted by Crippen LogP contribution is 2.21. The molecule has 0 aliphatic rings. The van der Waals surface area contributed by atoms with Crippen LogP contribution in [-0.2, 0) is 6.42 Å². The van der Waals surface area contributed by atoms with Gasteiger partial charge in [0.2, 0.25) is 5.88 Å². The number of ether oxygens (including phenoxy) is 1. The first kappa shape index (κ1) is 15.2. The fourth-order valence-electron chi connectivity index (χ4n) is 1.63. The molecule has 0 fully saturated rings.